The zero-order valence-electron chi connectivity index (χ0n) is 11.7. The Hall–Kier alpha value is -2.17. The van der Waals surface area contributed by atoms with E-state index >= 15 is 0 Å². The lowest BCUT2D eigenvalue weighted by molar-refractivity contribution is 0.887. The molecule has 0 radical (unpaired) electrons. The van der Waals surface area contributed by atoms with E-state index in [1.807, 2.05) is 25.3 Å². The van der Waals surface area contributed by atoms with Gasteiger partial charge in [0.25, 0.3) is 0 Å². The summed E-state index contributed by atoms with van der Waals surface area (Å²) in [6, 6.07) is 5.98. The standard InChI is InChI=1S/C15H19N5/c1-12-9-14(17-11-13-5-4-6-16-10-13)19-15(18-12)20-7-2-3-8-20/h4-6,9-10H,2-3,7-8,11H2,1H3,(H,17,18,19). The second-order valence-corrected chi connectivity index (χ2v) is 5.10. The fourth-order valence-electron chi connectivity index (χ4n) is 2.40. The Morgan fingerprint density at radius 3 is 2.85 bits per heavy atom. The van der Waals surface area contributed by atoms with Crippen LogP contribution in [-0.2, 0) is 6.54 Å². The number of aryl methyl sites for hydroxylation is 1. The first-order valence-corrected chi connectivity index (χ1v) is 7.05. The van der Waals surface area contributed by atoms with Crippen LogP contribution < -0.4 is 10.2 Å². The number of rotatable bonds is 4. The van der Waals surface area contributed by atoms with Gasteiger partial charge in [-0.15, -0.1) is 0 Å². The molecule has 5 nitrogen and oxygen atoms in total. The topological polar surface area (TPSA) is 53.9 Å². The predicted molar refractivity (Wildman–Crippen MR) is 79.8 cm³/mol. The summed E-state index contributed by atoms with van der Waals surface area (Å²) in [6.45, 7) is 4.86. The van der Waals surface area contributed by atoms with Crippen LogP contribution in [-0.4, -0.2) is 28.0 Å². The summed E-state index contributed by atoms with van der Waals surface area (Å²) in [7, 11) is 0. The van der Waals surface area contributed by atoms with Crippen molar-refractivity contribution < 1.29 is 0 Å². The highest BCUT2D eigenvalue weighted by Gasteiger charge is 2.15. The van der Waals surface area contributed by atoms with Gasteiger partial charge in [0.15, 0.2) is 0 Å². The van der Waals surface area contributed by atoms with Crippen LogP contribution in [0.15, 0.2) is 30.6 Å². The molecule has 0 bridgehead atoms. The number of pyridine rings is 1. The summed E-state index contributed by atoms with van der Waals surface area (Å²) in [4.78, 5) is 15.5. The van der Waals surface area contributed by atoms with E-state index in [0.717, 1.165) is 42.7 Å². The highest BCUT2D eigenvalue weighted by molar-refractivity contribution is 5.44. The molecule has 0 amide bonds. The molecule has 0 aliphatic carbocycles. The first-order chi connectivity index (χ1) is 9.81. The molecule has 2 aromatic rings. The van der Waals surface area contributed by atoms with Crippen molar-refractivity contribution in [2.75, 3.05) is 23.3 Å². The SMILES string of the molecule is Cc1cc(NCc2cccnc2)nc(N2CCCC2)n1. The third-order valence-electron chi connectivity index (χ3n) is 3.43. The van der Waals surface area contributed by atoms with Crippen molar-refractivity contribution in [2.24, 2.45) is 0 Å². The summed E-state index contributed by atoms with van der Waals surface area (Å²) in [5.41, 5.74) is 2.14. The molecule has 2 aromatic heterocycles. The van der Waals surface area contributed by atoms with Crippen molar-refractivity contribution in [1.82, 2.24) is 15.0 Å². The molecule has 1 fully saturated rings. The monoisotopic (exact) mass is 269 g/mol. The molecule has 5 heteroatoms. The van der Waals surface area contributed by atoms with Crippen LogP contribution in [0.25, 0.3) is 0 Å². The average Bonchev–Trinajstić information content (AvgIpc) is 3.00. The van der Waals surface area contributed by atoms with Gasteiger partial charge in [0.05, 0.1) is 0 Å². The Morgan fingerprint density at radius 1 is 1.25 bits per heavy atom. The number of hydrogen-bond donors (Lipinski definition) is 1. The number of hydrogen-bond acceptors (Lipinski definition) is 5. The van der Waals surface area contributed by atoms with Gasteiger partial charge in [-0.25, -0.2) is 4.98 Å². The summed E-state index contributed by atoms with van der Waals surface area (Å²) >= 11 is 0. The average molecular weight is 269 g/mol. The van der Waals surface area contributed by atoms with E-state index in [9.17, 15) is 0 Å². The van der Waals surface area contributed by atoms with Gasteiger partial charge in [0.1, 0.15) is 5.82 Å². The molecule has 104 valence electrons. The molecule has 3 heterocycles. The molecular weight excluding hydrogens is 250 g/mol. The zero-order chi connectivity index (χ0) is 13.8. The van der Waals surface area contributed by atoms with Gasteiger partial charge in [-0.3, -0.25) is 4.98 Å². The number of nitrogens with one attached hydrogen (secondary N) is 1. The maximum Gasteiger partial charge on any atom is 0.227 e. The third-order valence-corrected chi connectivity index (χ3v) is 3.43. The lowest BCUT2D eigenvalue weighted by atomic mass is 10.3. The summed E-state index contributed by atoms with van der Waals surface area (Å²) < 4.78 is 0. The van der Waals surface area contributed by atoms with E-state index < -0.39 is 0 Å². The summed E-state index contributed by atoms with van der Waals surface area (Å²) in [5, 5.41) is 3.35. The second kappa shape index (κ2) is 5.86. The van der Waals surface area contributed by atoms with E-state index in [0.29, 0.717) is 0 Å². The van der Waals surface area contributed by atoms with E-state index in [1.165, 1.54) is 12.8 Å². The molecule has 0 saturated carbocycles. The second-order valence-electron chi connectivity index (χ2n) is 5.10. The van der Waals surface area contributed by atoms with Gasteiger partial charge in [0.2, 0.25) is 5.95 Å². The van der Waals surface area contributed by atoms with Crippen LogP contribution in [0, 0.1) is 6.92 Å². The van der Waals surface area contributed by atoms with Crippen LogP contribution >= 0.6 is 0 Å². The fraction of sp³-hybridized carbons (Fsp3) is 0.400. The molecule has 0 spiro atoms. The maximum atomic E-state index is 4.61. The Labute approximate surface area is 119 Å². The van der Waals surface area contributed by atoms with Crippen molar-refractivity contribution in [2.45, 2.75) is 26.3 Å². The van der Waals surface area contributed by atoms with Gasteiger partial charge < -0.3 is 10.2 Å². The lowest BCUT2D eigenvalue weighted by Crippen LogP contribution is -2.21. The quantitative estimate of drug-likeness (QED) is 0.923. The molecule has 1 N–H and O–H groups in total. The van der Waals surface area contributed by atoms with Crippen molar-refractivity contribution in [3.63, 3.8) is 0 Å². The molecular formula is C15H19N5. The van der Waals surface area contributed by atoms with E-state index in [-0.39, 0.29) is 0 Å². The van der Waals surface area contributed by atoms with Gasteiger partial charge in [-0.1, -0.05) is 6.07 Å². The summed E-state index contributed by atoms with van der Waals surface area (Å²) in [6.07, 6.45) is 6.11. The van der Waals surface area contributed by atoms with Crippen molar-refractivity contribution >= 4 is 11.8 Å². The smallest absolute Gasteiger partial charge is 0.227 e. The Bertz CT molecular complexity index is 564. The first kappa shape index (κ1) is 12.8. The van der Waals surface area contributed by atoms with Crippen LogP contribution in [0.1, 0.15) is 24.1 Å². The number of nitrogens with zero attached hydrogens (tertiary/aromatic N) is 4. The molecule has 20 heavy (non-hydrogen) atoms. The summed E-state index contributed by atoms with van der Waals surface area (Å²) in [5.74, 6) is 1.72. The predicted octanol–water partition coefficient (Wildman–Crippen LogP) is 2.39. The van der Waals surface area contributed by atoms with Crippen LogP contribution in [0.3, 0.4) is 0 Å². The van der Waals surface area contributed by atoms with Crippen LogP contribution in [0.5, 0.6) is 0 Å². The van der Waals surface area contributed by atoms with E-state index in [4.69, 9.17) is 0 Å². The van der Waals surface area contributed by atoms with Gasteiger partial charge in [-0.05, 0) is 31.4 Å². The van der Waals surface area contributed by atoms with Crippen molar-refractivity contribution in [3.05, 3.63) is 41.9 Å². The molecule has 0 unspecified atom stereocenters. The molecule has 0 aromatic carbocycles. The molecule has 1 aliphatic rings. The van der Waals surface area contributed by atoms with Gasteiger partial charge >= 0.3 is 0 Å². The Kier molecular flexibility index (Phi) is 3.76. The maximum absolute atomic E-state index is 4.61. The third kappa shape index (κ3) is 3.04. The minimum absolute atomic E-state index is 0.726. The highest BCUT2D eigenvalue weighted by atomic mass is 15.3. The van der Waals surface area contributed by atoms with Crippen LogP contribution in [0.2, 0.25) is 0 Å². The van der Waals surface area contributed by atoms with Crippen LogP contribution in [0.4, 0.5) is 11.8 Å². The van der Waals surface area contributed by atoms with Gasteiger partial charge in [0, 0.05) is 43.8 Å². The van der Waals surface area contributed by atoms with Gasteiger partial charge in [-0.2, -0.15) is 4.98 Å². The first-order valence-electron chi connectivity index (χ1n) is 7.05. The molecule has 0 atom stereocenters. The lowest BCUT2D eigenvalue weighted by Gasteiger charge is -2.16. The van der Waals surface area contributed by atoms with Crippen molar-refractivity contribution in [3.8, 4) is 0 Å². The van der Waals surface area contributed by atoms with E-state index in [1.54, 1.807) is 6.20 Å². The minimum atomic E-state index is 0.726. The van der Waals surface area contributed by atoms with E-state index in [2.05, 4.69) is 31.2 Å². The minimum Gasteiger partial charge on any atom is -0.366 e. The van der Waals surface area contributed by atoms with Crippen molar-refractivity contribution in [1.29, 1.82) is 0 Å². The molecule has 1 saturated heterocycles. The number of anilines is 2. The fourth-order valence-corrected chi connectivity index (χ4v) is 2.40. The Morgan fingerprint density at radius 2 is 2.10 bits per heavy atom. The largest absolute Gasteiger partial charge is 0.366 e. The molecule has 3 rings (SSSR count). The normalized spacial score (nSPS) is 14.6. The zero-order valence-corrected chi connectivity index (χ0v) is 11.7. The highest BCUT2D eigenvalue weighted by Crippen LogP contribution is 2.18. The number of aromatic nitrogens is 3. The molecule has 1 aliphatic heterocycles. The Balaban J connectivity index is 1.72.